The Kier molecular flexibility index (Phi) is 4.10. The molecule has 0 saturated heterocycles. The Morgan fingerprint density at radius 2 is 1.72 bits per heavy atom. The number of nitrogens with zero attached hydrogens (tertiary/aromatic N) is 3. The maximum atomic E-state index is 14.2. The lowest BCUT2D eigenvalue weighted by atomic mass is 9.97. The molecule has 0 fully saturated rings. The number of nitro groups is 1. The summed E-state index contributed by atoms with van der Waals surface area (Å²) in [6.07, 6.45) is 0. The lowest BCUT2D eigenvalue weighted by Crippen LogP contribution is -2.01. The van der Waals surface area contributed by atoms with Crippen molar-refractivity contribution in [1.82, 2.24) is 4.98 Å². The molecule has 2 N–H and O–H groups in total. The number of anilines is 1. The molecule has 0 saturated carbocycles. The second-order valence-electron chi connectivity index (χ2n) is 5.18. The molecular weight excluding hydrogens is 323 g/mol. The zero-order valence-corrected chi connectivity index (χ0v) is 12.8. The van der Waals surface area contributed by atoms with Crippen LogP contribution in [0.5, 0.6) is 0 Å². The summed E-state index contributed by atoms with van der Waals surface area (Å²) < 4.78 is 14.2. The number of nitrogen functional groups attached to an aromatic ring is 1. The fraction of sp³-hybridized carbons (Fsp3) is 0. The van der Waals surface area contributed by atoms with E-state index < -0.39 is 10.7 Å². The Labute approximate surface area is 142 Å². The second kappa shape index (κ2) is 6.37. The van der Waals surface area contributed by atoms with Gasteiger partial charge in [-0.2, -0.15) is 5.26 Å². The van der Waals surface area contributed by atoms with Crippen LogP contribution in [-0.4, -0.2) is 9.91 Å². The number of benzene rings is 2. The Hall–Kier alpha value is -3.79. The summed E-state index contributed by atoms with van der Waals surface area (Å²) in [4.78, 5) is 14.8. The number of rotatable bonds is 3. The van der Waals surface area contributed by atoms with Gasteiger partial charge in [0.15, 0.2) is 0 Å². The van der Waals surface area contributed by atoms with E-state index in [1.54, 1.807) is 12.1 Å². The highest BCUT2D eigenvalue weighted by Gasteiger charge is 2.20. The normalized spacial score (nSPS) is 10.2. The molecule has 0 aliphatic carbocycles. The molecule has 0 unspecified atom stereocenters. The lowest BCUT2D eigenvalue weighted by molar-refractivity contribution is -0.384. The number of pyridine rings is 1. The molecule has 6 nitrogen and oxygen atoms in total. The van der Waals surface area contributed by atoms with Crippen LogP contribution >= 0.6 is 0 Å². The zero-order valence-electron chi connectivity index (χ0n) is 12.8. The minimum atomic E-state index is -0.534. The van der Waals surface area contributed by atoms with Crippen LogP contribution in [0, 0.1) is 27.3 Å². The third-order valence-corrected chi connectivity index (χ3v) is 3.70. The predicted octanol–water partition coefficient (Wildman–Crippen LogP) is 3.92. The van der Waals surface area contributed by atoms with E-state index in [1.165, 1.54) is 42.5 Å². The summed E-state index contributed by atoms with van der Waals surface area (Å²) in [5.74, 6) is -0.644. The maximum Gasteiger partial charge on any atom is 0.278 e. The van der Waals surface area contributed by atoms with E-state index in [4.69, 9.17) is 5.73 Å². The molecule has 0 aliphatic heterocycles. The van der Waals surface area contributed by atoms with Gasteiger partial charge in [-0.05, 0) is 18.2 Å². The fourth-order valence-electron chi connectivity index (χ4n) is 2.56. The highest BCUT2D eigenvalue weighted by Crippen LogP contribution is 2.35. The minimum Gasteiger partial charge on any atom is -0.383 e. The van der Waals surface area contributed by atoms with E-state index in [0.29, 0.717) is 0 Å². The van der Waals surface area contributed by atoms with Crippen LogP contribution in [0.1, 0.15) is 5.56 Å². The van der Waals surface area contributed by atoms with Gasteiger partial charge in [-0.25, -0.2) is 9.37 Å². The van der Waals surface area contributed by atoms with E-state index in [1.807, 2.05) is 6.07 Å². The minimum absolute atomic E-state index is 0.0208. The molecule has 0 radical (unpaired) electrons. The molecule has 0 spiro atoms. The second-order valence-corrected chi connectivity index (χ2v) is 5.18. The molecular formula is C18H11FN4O2. The molecule has 122 valence electrons. The van der Waals surface area contributed by atoms with Crippen molar-refractivity contribution < 1.29 is 9.31 Å². The van der Waals surface area contributed by atoms with Gasteiger partial charge in [-0.3, -0.25) is 10.1 Å². The summed E-state index contributed by atoms with van der Waals surface area (Å²) in [5.41, 5.74) is 6.57. The number of hydrogen-bond donors (Lipinski definition) is 1. The van der Waals surface area contributed by atoms with Crippen LogP contribution in [0.3, 0.4) is 0 Å². The monoisotopic (exact) mass is 334 g/mol. The lowest BCUT2D eigenvalue weighted by Gasteiger charge is -2.11. The number of aromatic nitrogens is 1. The largest absolute Gasteiger partial charge is 0.383 e. The number of nitriles is 1. The summed E-state index contributed by atoms with van der Waals surface area (Å²) >= 11 is 0. The van der Waals surface area contributed by atoms with Crippen molar-refractivity contribution in [3.05, 3.63) is 76.1 Å². The number of hydrogen-bond acceptors (Lipinski definition) is 5. The summed E-state index contributed by atoms with van der Waals surface area (Å²) in [6, 6.07) is 15.3. The van der Waals surface area contributed by atoms with E-state index in [2.05, 4.69) is 4.98 Å². The van der Waals surface area contributed by atoms with Gasteiger partial charge >= 0.3 is 0 Å². The Bertz CT molecular complexity index is 1030. The number of nitro benzene ring substituents is 1. The van der Waals surface area contributed by atoms with Crippen LogP contribution in [0.4, 0.5) is 15.9 Å². The topological polar surface area (TPSA) is 106 Å². The molecule has 7 heteroatoms. The number of halogens is 1. The Morgan fingerprint density at radius 3 is 2.36 bits per heavy atom. The van der Waals surface area contributed by atoms with Crippen molar-refractivity contribution in [2.75, 3.05) is 5.73 Å². The van der Waals surface area contributed by atoms with Crippen LogP contribution in [0.25, 0.3) is 22.4 Å². The summed E-state index contributed by atoms with van der Waals surface area (Å²) in [5, 5.41) is 20.6. The van der Waals surface area contributed by atoms with Gasteiger partial charge in [-0.1, -0.05) is 30.3 Å². The molecule has 0 atom stereocenters. The van der Waals surface area contributed by atoms with Crippen molar-refractivity contribution in [1.29, 1.82) is 5.26 Å². The fourth-order valence-corrected chi connectivity index (χ4v) is 2.56. The molecule has 0 bridgehead atoms. The van der Waals surface area contributed by atoms with E-state index in [0.717, 1.165) is 0 Å². The van der Waals surface area contributed by atoms with Gasteiger partial charge in [0.1, 0.15) is 23.3 Å². The smallest absolute Gasteiger partial charge is 0.278 e. The summed E-state index contributed by atoms with van der Waals surface area (Å²) in [7, 11) is 0. The van der Waals surface area contributed by atoms with E-state index >= 15 is 0 Å². The van der Waals surface area contributed by atoms with Crippen molar-refractivity contribution in [2.45, 2.75) is 0 Å². The highest BCUT2D eigenvalue weighted by molar-refractivity contribution is 5.82. The molecule has 3 aromatic rings. The first-order chi connectivity index (χ1) is 12.0. The van der Waals surface area contributed by atoms with Gasteiger partial charge in [0.2, 0.25) is 0 Å². The molecule has 0 aliphatic rings. The first kappa shape index (κ1) is 16.1. The van der Waals surface area contributed by atoms with Gasteiger partial charge in [0.05, 0.1) is 16.2 Å². The van der Waals surface area contributed by atoms with Crippen molar-refractivity contribution in [2.24, 2.45) is 0 Å². The van der Waals surface area contributed by atoms with Crippen LogP contribution < -0.4 is 5.73 Å². The van der Waals surface area contributed by atoms with Gasteiger partial charge in [0.25, 0.3) is 5.69 Å². The van der Waals surface area contributed by atoms with Crippen molar-refractivity contribution in [3.8, 4) is 28.5 Å². The zero-order chi connectivity index (χ0) is 18.0. The molecule has 2 aromatic carbocycles. The number of para-hydroxylation sites is 1. The Balaban J connectivity index is 2.31. The van der Waals surface area contributed by atoms with Gasteiger partial charge in [-0.15, -0.1) is 0 Å². The third-order valence-electron chi connectivity index (χ3n) is 3.70. The first-order valence-electron chi connectivity index (χ1n) is 7.22. The highest BCUT2D eigenvalue weighted by atomic mass is 19.1. The molecule has 1 aromatic heterocycles. The predicted molar refractivity (Wildman–Crippen MR) is 90.8 cm³/mol. The van der Waals surface area contributed by atoms with Gasteiger partial charge < -0.3 is 5.73 Å². The number of nitrogens with two attached hydrogens (primary N) is 1. The molecule has 3 rings (SSSR count). The average molecular weight is 334 g/mol. The average Bonchev–Trinajstić information content (AvgIpc) is 2.61. The summed E-state index contributed by atoms with van der Waals surface area (Å²) in [6.45, 7) is 0. The van der Waals surface area contributed by atoms with Gasteiger partial charge in [0, 0.05) is 17.2 Å². The quantitative estimate of drug-likeness (QED) is 0.577. The van der Waals surface area contributed by atoms with Crippen molar-refractivity contribution >= 4 is 11.5 Å². The Morgan fingerprint density at radius 1 is 1.08 bits per heavy atom. The SMILES string of the molecule is N#Cc1c(-c2ccccc2F)cc(-c2ccccc2[N+](=O)[O-])nc1N. The molecule has 1 heterocycles. The van der Waals surface area contributed by atoms with E-state index in [9.17, 15) is 19.8 Å². The molecule has 0 amide bonds. The standard InChI is InChI=1S/C18H11FN4O2/c19-15-7-3-1-5-11(15)13-9-16(22-18(21)14(13)10-20)12-6-2-4-8-17(12)23(24)25/h1-9H,(H2,21,22). The first-order valence-corrected chi connectivity index (χ1v) is 7.22. The third kappa shape index (κ3) is 2.88. The van der Waals surface area contributed by atoms with Crippen LogP contribution in [-0.2, 0) is 0 Å². The van der Waals surface area contributed by atoms with E-state index in [-0.39, 0.29) is 39.5 Å². The van der Waals surface area contributed by atoms with Crippen molar-refractivity contribution in [3.63, 3.8) is 0 Å². The van der Waals surface area contributed by atoms with Crippen LogP contribution in [0.2, 0.25) is 0 Å². The molecule has 25 heavy (non-hydrogen) atoms. The maximum absolute atomic E-state index is 14.2. The van der Waals surface area contributed by atoms with Crippen LogP contribution in [0.15, 0.2) is 54.6 Å².